The third kappa shape index (κ3) is 6.18. The van der Waals surface area contributed by atoms with Crippen molar-refractivity contribution >= 4 is 29.9 Å². The summed E-state index contributed by atoms with van der Waals surface area (Å²) in [5.74, 6) is 2.47. The van der Waals surface area contributed by atoms with E-state index in [1.165, 1.54) is 13.2 Å². The summed E-state index contributed by atoms with van der Waals surface area (Å²) < 4.78 is 24.2. The molecular weight excluding hydrogens is 502 g/mol. The third-order valence-corrected chi connectivity index (χ3v) is 4.22. The SMILES string of the molecule is CCNC(=NCCc1nc(-c2ccco2)n[nH]1)N(C)Cc1ccc(OC)c(F)c1.I. The predicted molar refractivity (Wildman–Crippen MR) is 124 cm³/mol. The van der Waals surface area contributed by atoms with Crippen LogP contribution in [0, 0.1) is 5.82 Å². The fourth-order valence-electron chi connectivity index (χ4n) is 2.82. The predicted octanol–water partition coefficient (Wildman–Crippen LogP) is 3.47. The molecule has 1 aromatic carbocycles. The Balaban J connectivity index is 0.00000320. The lowest BCUT2D eigenvalue weighted by Crippen LogP contribution is -2.38. The van der Waals surface area contributed by atoms with Crippen molar-refractivity contribution in [2.45, 2.75) is 19.9 Å². The number of rotatable bonds is 8. The Kier molecular flexibility index (Phi) is 9.09. The van der Waals surface area contributed by atoms with Crippen LogP contribution in [-0.4, -0.2) is 53.3 Å². The van der Waals surface area contributed by atoms with Crippen LogP contribution >= 0.6 is 24.0 Å². The number of aliphatic imine (C=N–C) groups is 1. The smallest absolute Gasteiger partial charge is 0.216 e. The topological polar surface area (TPSA) is 91.6 Å². The van der Waals surface area contributed by atoms with Crippen molar-refractivity contribution < 1.29 is 13.5 Å². The molecule has 30 heavy (non-hydrogen) atoms. The van der Waals surface area contributed by atoms with Crippen LogP contribution in [-0.2, 0) is 13.0 Å². The summed E-state index contributed by atoms with van der Waals surface area (Å²) in [5.41, 5.74) is 0.828. The number of furan rings is 1. The summed E-state index contributed by atoms with van der Waals surface area (Å²) >= 11 is 0. The Morgan fingerprint density at radius 1 is 1.37 bits per heavy atom. The lowest BCUT2D eigenvalue weighted by atomic mass is 10.2. The molecule has 0 saturated carbocycles. The molecule has 0 aliphatic carbocycles. The molecule has 0 spiro atoms. The minimum absolute atomic E-state index is 0. The Hall–Kier alpha value is -2.63. The van der Waals surface area contributed by atoms with Crippen molar-refractivity contribution in [3.63, 3.8) is 0 Å². The normalized spacial score (nSPS) is 11.1. The molecule has 0 aliphatic rings. The first-order valence-corrected chi connectivity index (χ1v) is 9.37. The van der Waals surface area contributed by atoms with E-state index in [-0.39, 0.29) is 35.5 Å². The van der Waals surface area contributed by atoms with E-state index in [4.69, 9.17) is 9.15 Å². The van der Waals surface area contributed by atoms with Gasteiger partial charge in [-0.1, -0.05) is 6.07 Å². The summed E-state index contributed by atoms with van der Waals surface area (Å²) in [6.07, 6.45) is 2.19. The molecule has 0 amide bonds. The van der Waals surface area contributed by atoms with E-state index in [1.807, 2.05) is 31.0 Å². The molecule has 0 radical (unpaired) electrons. The molecule has 0 bridgehead atoms. The van der Waals surface area contributed by atoms with Gasteiger partial charge in [-0.15, -0.1) is 24.0 Å². The Morgan fingerprint density at radius 3 is 2.87 bits per heavy atom. The summed E-state index contributed by atoms with van der Waals surface area (Å²) in [5, 5.41) is 10.3. The van der Waals surface area contributed by atoms with Gasteiger partial charge in [0.25, 0.3) is 0 Å². The molecule has 3 rings (SSSR count). The highest BCUT2D eigenvalue weighted by molar-refractivity contribution is 14.0. The van der Waals surface area contributed by atoms with Crippen LogP contribution in [0.4, 0.5) is 4.39 Å². The number of halogens is 2. The molecule has 2 aromatic heterocycles. The van der Waals surface area contributed by atoms with Crippen molar-refractivity contribution in [1.82, 2.24) is 25.4 Å². The van der Waals surface area contributed by atoms with E-state index in [0.717, 1.165) is 23.9 Å². The molecule has 162 valence electrons. The molecule has 3 aromatic rings. The third-order valence-electron chi connectivity index (χ3n) is 4.22. The van der Waals surface area contributed by atoms with E-state index in [1.54, 1.807) is 18.4 Å². The van der Waals surface area contributed by atoms with Gasteiger partial charge in [-0.2, -0.15) is 5.10 Å². The first kappa shape index (κ1) is 23.6. The number of hydrogen-bond donors (Lipinski definition) is 2. The van der Waals surface area contributed by atoms with Gasteiger partial charge in [-0.25, -0.2) is 9.37 Å². The number of nitrogens with one attached hydrogen (secondary N) is 2. The average Bonchev–Trinajstić information content (AvgIpc) is 3.39. The van der Waals surface area contributed by atoms with Crippen molar-refractivity contribution in [2.75, 3.05) is 27.2 Å². The number of ether oxygens (including phenoxy) is 1. The van der Waals surface area contributed by atoms with Crippen LogP contribution < -0.4 is 10.1 Å². The molecule has 10 heteroatoms. The van der Waals surface area contributed by atoms with Crippen LogP contribution in [0.3, 0.4) is 0 Å². The molecular formula is C20H26FIN6O2. The van der Waals surface area contributed by atoms with Crippen molar-refractivity contribution in [3.05, 3.63) is 53.8 Å². The maximum atomic E-state index is 13.9. The fourth-order valence-corrected chi connectivity index (χ4v) is 2.82. The standard InChI is InChI=1S/C20H25FN6O2.HI/c1-4-22-20(27(2)13-14-7-8-16(28-3)15(21)12-14)23-10-9-18-24-19(26-25-18)17-6-5-11-29-17;/h5-8,11-12H,4,9-10,13H2,1-3H3,(H,22,23)(H,24,25,26);1H. The number of hydrogen-bond acceptors (Lipinski definition) is 5. The van der Waals surface area contributed by atoms with Gasteiger partial charge in [0.05, 0.1) is 13.4 Å². The number of methoxy groups -OCH3 is 1. The number of benzene rings is 1. The van der Waals surface area contributed by atoms with E-state index < -0.39 is 0 Å². The second-order valence-corrected chi connectivity index (χ2v) is 6.39. The van der Waals surface area contributed by atoms with Crippen LogP contribution in [0.5, 0.6) is 5.75 Å². The minimum Gasteiger partial charge on any atom is -0.494 e. The van der Waals surface area contributed by atoms with Gasteiger partial charge in [0.1, 0.15) is 5.82 Å². The van der Waals surface area contributed by atoms with Crippen LogP contribution in [0.25, 0.3) is 11.6 Å². The minimum atomic E-state index is -0.377. The molecule has 0 fully saturated rings. The zero-order chi connectivity index (χ0) is 20.6. The molecule has 0 unspecified atom stereocenters. The Morgan fingerprint density at radius 2 is 2.20 bits per heavy atom. The highest BCUT2D eigenvalue weighted by Crippen LogP contribution is 2.18. The highest BCUT2D eigenvalue weighted by Gasteiger charge is 2.11. The van der Waals surface area contributed by atoms with Crippen molar-refractivity contribution in [2.24, 2.45) is 4.99 Å². The first-order chi connectivity index (χ1) is 14.1. The number of H-pyrrole nitrogens is 1. The van der Waals surface area contributed by atoms with Crippen LogP contribution in [0.1, 0.15) is 18.3 Å². The summed E-state index contributed by atoms with van der Waals surface area (Å²) in [6, 6.07) is 8.55. The fraction of sp³-hybridized carbons (Fsp3) is 0.350. The number of aromatic nitrogens is 3. The summed E-state index contributed by atoms with van der Waals surface area (Å²) in [7, 11) is 3.36. The van der Waals surface area contributed by atoms with Crippen molar-refractivity contribution in [1.29, 1.82) is 0 Å². The van der Waals surface area contributed by atoms with E-state index >= 15 is 0 Å². The van der Waals surface area contributed by atoms with Gasteiger partial charge in [0, 0.05) is 33.1 Å². The van der Waals surface area contributed by atoms with Gasteiger partial charge in [0.15, 0.2) is 23.3 Å². The van der Waals surface area contributed by atoms with Gasteiger partial charge in [0.2, 0.25) is 5.82 Å². The van der Waals surface area contributed by atoms with Gasteiger partial charge in [-0.3, -0.25) is 10.1 Å². The first-order valence-electron chi connectivity index (χ1n) is 9.37. The number of aromatic amines is 1. The molecule has 8 nitrogen and oxygen atoms in total. The van der Waals surface area contributed by atoms with Gasteiger partial charge in [-0.05, 0) is 36.8 Å². The largest absolute Gasteiger partial charge is 0.494 e. The molecule has 2 heterocycles. The highest BCUT2D eigenvalue weighted by atomic mass is 127. The Bertz CT molecular complexity index is 945. The quantitative estimate of drug-likeness (QED) is 0.265. The molecule has 0 atom stereocenters. The maximum Gasteiger partial charge on any atom is 0.216 e. The number of guanidine groups is 1. The molecule has 0 aliphatic heterocycles. The second-order valence-electron chi connectivity index (χ2n) is 6.39. The van der Waals surface area contributed by atoms with Gasteiger partial charge >= 0.3 is 0 Å². The zero-order valence-electron chi connectivity index (χ0n) is 17.2. The summed E-state index contributed by atoms with van der Waals surface area (Å²) in [4.78, 5) is 11.0. The van der Waals surface area contributed by atoms with Crippen LogP contribution in [0.15, 0.2) is 46.0 Å². The number of nitrogens with zero attached hydrogens (tertiary/aromatic N) is 4. The molecule has 2 N–H and O–H groups in total. The lowest BCUT2D eigenvalue weighted by molar-refractivity contribution is 0.385. The van der Waals surface area contributed by atoms with E-state index in [0.29, 0.717) is 31.1 Å². The van der Waals surface area contributed by atoms with E-state index in [2.05, 4.69) is 25.5 Å². The van der Waals surface area contributed by atoms with E-state index in [9.17, 15) is 4.39 Å². The zero-order valence-corrected chi connectivity index (χ0v) is 19.5. The average molecular weight is 528 g/mol. The Labute approximate surface area is 192 Å². The second kappa shape index (κ2) is 11.5. The monoisotopic (exact) mass is 528 g/mol. The van der Waals surface area contributed by atoms with Gasteiger partial charge < -0.3 is 19.4 Å². The lowest BCUT2D eigenvalue weighted by Gasteiger charge is -2.22. The van der Waals surface area contributed by atoms with Crippen LogP contribution in [0.2, 0.25) is 0 Å². The van der Waals surface area contributed by atoms with Crippen molar-refractivity contribution in [3.8, 4) is 17.3 Å². The molecule has 0 saturated heterocycles. The maximum absolute atomic E-state index is 13.9. The summed E-state index contributed by atoms with van der Waals surface area (Å²) in [6.45, 7) is 3.77.